The third-order valence-corrected chi connectivity index (χ3v) is 3.20. The molecule has 0 unspecified atom stereocenters. The molecule has 0 aromatic heterocycles. The summed E-state index contributed by atoms with van der Waals surface area (Å²) in [6, 6.07) is 0. The quantitative estimate of drug-likeness (QED) is 0.412. The first-order valence-corrected chi connectivity index (χ1v) is 8.22. The van der Waals surface area contributed by atoms with E-state index in [9.17, 15) is 9.36 Å². The van der Waals surface area contributed by atoms with Crippen LogP contribution in [-0.4, -0.2) is 46.5 Å². The van der Waals surface area contributed by atoms with Crippen LogP contribution >= 0.6 is 7.60 Å². The normalized spacial score (nSPS) is 11.8. The molecule has 0 rings (SSSR count). The first kappa shape index (κ1) is 17.6. The van der Waals surface area contributed by atoms with Gasteiger partial charge >= 0.3 is 7.60 Å². The zero-order chi connectivity index (χ0) is 14.0. The minimum atomic E-state index is -4.10. The molecule has 0 aromatic carbocycles. The summed E-state index contributed by atoms with van der Waals surface area (Å²) >= 11 is 0. The molecule has 0 aromatic rings. The Kier molecular flexibility index (Phi) is 9.28. The van der Waals surface area contributed by atoms with Gasteiger partial charge in [-0.25, -0.2) is 0 Å². The number of rotatable bonds is 10. The SMILES string of the molecule is CCCCNC(=O)CN(CCCC)CP(=O)(O)O. The van der Waals surface area contributed by atoms with E-state index in [1.165, 1.54) is 4.90 Å². The molecule has 6 nitrogen and oxygen atoms in total. The molecule has 18 heavy (non-hydrogen) atoms. The second-order valence-corrected chi connectivity index (χ2v) is 6.03. The number of amides is 1. The lowest BCUT2D eigenvalue weighted by molar-refractivity contribution is -0.122. The number of carbonyl (C=O) groups excluding carboxylic acids is 1. The Hall–Kier alpha value is -0.420. The van der Waals surface area contributed by atoms with E-state index in [4.69, 9.17) is 9.79 Å². The maximum Gasteiger partial charge on any atom is 0.339 e. The molecule has 0 radical (unpaired) electrons. The maximum absolute atomic E-state index is 11.6. The van der Waals surface area contributed by atoms with Gasteiger partial charge in [0.15, 0.2) is 0 Å². The number of carbonyl (C=O) groups is 1. The largest absolute Gasteiger partial charge is 0.355 e. The van der Waals surface area contributed by atoms with Gasteiger partial charge in [0.1, 0.15) is 6.29 Å². The molecule has 0 aliphatic rings. The van der Waals surface area contributed by atoms with Gasteiger partial charge in [-0.15, -0.1) is 0 Å². The number of nitrogens with zero attached hydrogens (tertiary/aromatic N) is 1. The van der Waals surface area contributed by atoms with Gasteiger partial charge in [0, 0.05) is 6.54 Å². The molecule has 0 atom stereocenters. The fourth-order valence-electron chi connectivity index (χ4n) is 1.51. The summed E-state index contributed by atoms with van der Waals surface area (Å²) < 4.78 is 11.0. The summed E-state index contributed by atoms with van der Waals surface area (Å²) in [5.41, 5.74) is 0. The zero-order valence-electron chi connectivity index (χ0n) is 11.3. The summed E-state index contributed by atoms with van der Waals surface area (Å²) in [5, 5.41) is 2.74. The first-order chi connectivity index (χ1) is 8.39. The van der Waals surface area contributed by atoms with Crippen LogP contribution < -0.4 is 5.32 Å². The highest BCUT2D eigenvalue weighted by molar-refractivity contribution is 7.51. The van der Waals surface area contributed by atoms with Gasteiger partial charge in [0.2, 0.25) is 5.91 Å². The van der Waals surface area contributed by atoms with E-state index in [1.54, 1.807) is 0 Å². The van der Waals surface area contributed by atoms with E-state index < -0.39 is 7.60 Å². The van der Waals surface area contributed by atoms with Gasteiger partial charge in [-0.2, -0.15) is 0 Å². The molecule has 7 heteroatoms. The van der Waals surface area contributed by atoms with Crippen LogP contribution in [-0.2, 0) is 9.36 Å². The summed E-state index contributed by atoms with van der Waals surface area (Å²) in [6.45, 7) is 5.23. The van der Waals surface area contributed by atoms with Crippen molar-refractivity contribution in [2.75, 3.05) is 25.9 Å². The molecule has 0 bridgehead atoms. The Morgan fingerprint density at radius 1 is 1.22 bits per heavy atom. The molecular weight excluding hydrogens is 255 g/mol. The summed E-state index contributed by atoms with van der Waals surface area (Å²) in [6.07, 6.45) is 3.31. The second kappa shape index (κ2) is 9.50. The topological polar surface area (TPSA) is 89.9 Å². The number of hydrogen-bond donors (Lipinski definition) is 3. The van der Waals surface area contributed by atoms with Crippen molar-refractivity contribution in [3.8, 4) is 0 Å². The fraction of sp³-hybridized carbons (Fsp3) is 0.909. The van der Waals surface area contributed by atoms with Crippen molar-refractivity contribution in [2.45, 2.75) is 39.5 Å². The van der Waals surface area contributed by atoms with Gasteiger partial charge in [0.25, 0.3) is 0 Å². The Morgan fingerprint density at radius 2 is 1.83 bits per heavy atom. The maximum atomic E-state index is 11.6. The summed E-state index contributed by atoms with van der Waals surface area (Å²) in [5.74, 6) is -0.173. The minimum absolute atomic E-state index is 0.0504. The molecule has 3 N–H and O–H groups in total. The van der Waals surface area contributed by atoms with Crippen LogP contribution in [0.25, 0.3) is 0 Å². The van der Waals surface area contributed by atoms with Crippen LogP contribution in [0.1, 0.15) is 39.5 Å². The Balaban J connectivity index is 4.13. The minimum Gasteiger partial charge on any atom is -0.355 e. The summed E-state index contributed by atoms with van der Waals surface area (Å²) in [7, 11) is -4.10. The zero-order valence-corrected chi connectivity index (χ0v) is 12.2. The van der Waals surface area contributed by atoms with E-state index in [0.29, 0.717) is 13.1 Å². The van der Waals surface area contributed by atoms with Crippen molar-refractivity contribution < 1.29 is 19.1 Å². The number of unbranched alkanes of at least 4 members (excludes halogenated alkanes) is 2. The van der Waals surface area contributed by atoms with Crippen molar-refractivity contribution in [1.29, 1.82) is 0 Å². The number of nitrogens with one attached hydrogen (secondary N) is 1. The van der Waals surface area contributed by atoms with Gasteiger partial charge < -0.3 is 15.1 Å². The van der Waals surface area contributed by atoms with Crippen LogP contribution in [0.3, 0.4) is 0 Å². The van der Waals surface area contributed by atoms with E-state index in [-0.39, 0.29) is 18.7 Å². The van der Waals surface area contributed by atoms with Crippen LogP contribution in [0.2, 0.25) is 0 Å². The van der Waals surface area contributed by atoms with Crippen LogP contribution in [0, 0.1) is 0 Å². The molecule has 0 heterocycles. The highest BCUT2D eigenvalue weighted by atomic mass is 31.2. The monoisotopic (exact) mass is 280 g/mol. The molecule has 0 aliphatic carbocycles. The van der Waals surface area contributed by atoms with Crippen molar-refractivity contribution in [3.05, 3.63) is 0 Å². The lowest BCUT2D eigenvalue weighted by atomic mass is 10.3. The summed E-state index contributed by atoms with van der Waals surface area (Å²) in [4.78, 5) is 31.0. The standard InChI is InChI=1S/C11H25N2O4P/c1-3-5-7-12-11(14)9-13(8-6-4-2)10-18(15,16)17/h3-10H2,1-2H3,(H,12,14)(H2,15,16,17). The average Bonchev–Trinajstić information content (AvgIpc) is 2.24. The predicted octanol–water partition coefficient (Wildman–Crippen LogP) is 1.14. The molecule has 0 saturated carbocycles. The van der Waals surface area contributed by atoms with E-state index in [0.717, 1.165) is 25.7 Å². The smallest absolute Gasteiger partial charge is 0.339 e. The van der Waals surface area contributed by atoms with Crippen LogP contribution in [0.4, 0.5) is 0 Å². The van der Waals surface area contributed by atoms with E-state index in [1.807, 2.05) is 13.8 Å². The highest BCUT2D eigenvalue weighted by Gasteiger charge is 2.20. The van der Waals surface area contributed by atoms with Crippen molar-refractivity contribution in [3.63, 3.8) is 0 Å². The van der Waals surface area contributed by atoms with Crippen LogP contribution in [0.15, 0.2) is 0 Å². The lowest BCUT2D eigenvalue weighted by Crippen LogP contribution is -2.38. The third-order valence-electron chi connectivity index (χ3n) is 2.43. The Bertz CT molecular complexity index is 280. The van der Waals surface area contributed by atoms with E-state index in [2.05, 4.69) is 5.32 Å². The molecular formula is C11H25N2O4P. The lowest BCUT2D eigenvalue weighted by Gasteiger charge is -2.21. The van der Waals surface area contributed by atoms with Crippen LogP contribution in [0.5, 0.6) is 0 Å². The Labute approximate surface area is 109 Å². The molecule has 0 saturated heterocycles. The van der Waals surface area contributed by atoms with Gasteiger partial charge in [-0.05, 0) is 19.4 Å². The predicted molar refractivity (Wildman–Crippen MR) is 71.3 cm³/mol. The highest BCUT2D eigenvalue weighted by Crippen LogP contribution is 2.34. The molecule has 0 fully saturated rings. The molecule has 1 amide bonds. The molecule has 0 aliphatic heterocycles. The van der Waals surface area contributed by atoms with E-state index >= 15 is 0 Å². The van der Waals surface area contributed by atoms with Gasteiger partial charge in [-0.1, -0.05) is 26.7 Å². The number of hydrogen-bond acceptors (Lipinski definition) is 3. The van der Waals surface area contributed by atoms with Gasteiger partial charge in [-0.3, -0.25) is 14.3 Å². The fourth-order valence-corrected chi connectivity index (χ4v) is 2.27. The second-order valence-electron chi connectivity index (χ2n) is 4.42. The first-order valence-electron chi connectivity index (χ1n) is 6.42. The van der Waals surface area contributed by atoms with Crippen molar-refractivity contribution in [2.24, 2.45) is 0 Å². The van der Waals surface area contributed by atoms with Crippen molar-refractivity contribution >= 4 is 13.5 Å². The third kappa shape index (κ3) is 10.7. The van der Waals surface area contributed by atoms with Crippen molar-refractivity contribution in [1.82, 2.24) is 10.2 Å². The average molecular weight is 280 g/mol. The molecule has 0 spiro atoms. The molecule has 108 valence electrons. The van der Waals surface area contributed by atoms with Gasteiger partial charge in [0.05, 0.1) is 6.54 Å². The Morgan fingerprint density at radius 3 is 2.33 bits per heavy atom.